The molecule has 4 rings (SSSR count). The van der Waals surface area contributed by atoms with Crippen molar-refractivity contribution in [1.82, 2.24) is 10.2 Å². The molecule has 0 bridgehead atoms. The van der Waals surface area contributed by atoms with Gasteiger partial charge in [-0.05, 0) is 51.0 Å². The first kappa shape index (κ1) is 14.6. The van der Waals surface area contributed by atoms with Crippen LogP contribution in [0.25, 0.3) is 33.7 Å². The van der Waals surface area contributed by atoms with Gasteiger partial charge in [-0.1, -0.05) is 52.3 Å². The fourth-order valence-electron chi connectivity index (χ4n) is 2.51. The number of hydrogen-bond donors (Lipinski definition) is 0. The Morgan fingerprint density at radius 1 is 0.739 bits per heavy atom. The molecule has 0 aliphatic carbocycles. The zero-order valence-electron chi connectivity index (χ0n) is 11.8. The Hall–Kier alpha value is -1.98. The average Bonchev–Trinajstić information content (AvgIpc) is 3.06. The maximum Gasteiger partial charge on any atom is 0.249 e. The molecule has 0 N–H and O–H groups in total. The molecule has 3 nitrogen and oxygen atoms in total. The number of nitrogens with zero attached hydrogens (tertiary/aromatic N) is 2. The van der Waals surface area contributed by atoms with Gasteiger partial charge in [-0.25, -0.2) is 0 Å². The average molecular weight is 430 g/mol. The van der Waals surface area contributed by atoms with Crippen molar-refractivity contribution in [3.63, 3.8) is 0 Å². The van der Waals surface area contributed by atoms with Crippen LogP contribution >= 0.6 is 31.9 Å². The molecule has 0 unspecified atom stereocenters. The lowest BCUT2D eigenvalue weighted by Crippen LogP contribution is -1.81. The first-order valence-electron chi connectivity index (χ1n) is 6.99. The monoisotopic (exact) mass is 428 g/mol. The molecule has 0 saturated heterocycles. The van der Waals surface area contributed by atoms with Crippen LogP contribution in [0, 0.1) is 0 Å². The molecule has 0 radical (unpaired) electrons. The first-order chi connectivity index (χ1) is 11.2. The van der Waals surface area contributed by atoms with Crippen molar-refractivity contribution in [2.75, 3.05) is 0 Å². The Morgan fingerprint density at radius 3 is 2.35 bits per heavy atom. The first-order valence-corrected chi connectivity index (χ1v) is 8.58. The van der Waals surface area contributed by atoms with Crippen LogP contribution in [0.1, 0.15) is 0 Å². The highest BCUT2D eigenvalue weighted by Gasteiger charge is 2.15. The third-order valence-electron chi connectivity index (χ3n) is 3.60. The summed E-state index contributed by atoms with van der Waals surface area (Å²) in [5, 5.41) is 10.7. The van der Waals surface area contributed by atoms with Gasteiger partial charge >= 0.3 is 0 Å². The fourth-order valence-corrected chi connectivity index (χ4v) is 3.29. The molecule has 0 aliphatic heterocycles. The summed E-state index contributed by atoms with van der Waals surface area (Å²) in [5.74, 6) is 1.00. The third kappa shape index (κ3) is 2.71. The number of fused-ring (bicyclic) bond motifs is 1. The molecule has 0 saturated carbocycles. The topological polar surface area (TPSA) is 38.9 Å². The normalized spacial score (nSPS) is 11.0. The van der Waals surface area contributed by atoms with Crippen LogP contribution in [-0.4, -0.2) is 10.2 Å². The van der Waals surface area contributed by atoms with Crippen molar-refractivity contribution in [1.29, 1.82) is 0 Å². The van der Waals surface area contributed by atoms with Gasteiger partial charge in [0.2, 0.25) is 11.8 Å². The molecule has 0 aliphatic rings. The summed E-state index contributed by atoms with van der Waals surface area (Å²) in [6.45, 7) is 0. The maximum atomic E-state index is 5.93. The van der Waals surface area contributed by atoms with Gasteiger partial charge in [0.15, 0.2) is 0 Å². The number of aromatic nitrogens is 2. The smallest absolute Gasteiger partial charge is 0.249 e. The second-order valence-corrected chi connectivity index (χ2v) is 6.83. The SMILES string of the molecule is Brc1ccc(Br)c(-c2nnc(-c3cccc4ccccc34)o2)c1. The number of benzene rings is 3. The van der Waals surface area contributed by atoms with E-state index in [0.717, 1.165) is 30.8 Å². The molecule has 4 aromatic rings. The minimum Gasteiger partial charge on any atom is -0.416 e. The molecule has 0 atom stereocenters. The lowest BCUT2D eigenvalue weighted by Gasteiger charge is -2.02. The van der Waals surface area contributed by atoms with E-state index in [2.05, 4.69) is 60.3 Å². The molecule has 23 heavy (non-hydrogen) atoms. The van der Waals surface area contributed by atoms with Crippen LogP contribution in [0.2, 0.25) is 0 Å². The summed E-state index contributed by atoms with van der Waals surface area (Å²) < 4.78 is 7.80. The lowest BCUT2D eigenvalue weighted by molar-refractivity contribution is 0.585. The number of hydrogen-bond acceptors (Lipinski definition) is 3. The summed E-state index contributed by atoms with van der Waals surface area (Å²) in [5.41, 5.74) is 1.80. The van der Waals surface area contributed by atoms with Gasteiger partial charge < -0.3 is 4.42 Å². The molecule has 0 amide bonds. The number of rotatable bonds is 2. The van der Waals surface area contributed by atoms with E-state index < -0.39 is 0 Å². The van der Waals surface area contributed by atoms with Crippen molar-refractivity contribution in [3.8, 4) is 22.9 Å². The molecule has 1 heterocycles. The Labute approximate surface area is 149 Å². The van der Waals surface area contributed by atoms with Crippen LogP contribution in [0.15, 0.2) is 74.0 Å². The van der Waals surface area contributed by atoms with Crippen molar-refractivity contribution in [3.05, 3.63) is 69.6 Å². The van der Waals surface area contributed by atoms with E-state index >= 15 is 0 Å². The van der Waals surface area contributed by atoms with Crippen LogP contribution in [0.5, 0.6) is 0 Å². The minimum absolute atomic E-state index is 0.487. The second kappa shape index (κ2) is 5.91. The van der Waals surface area contributed by atoms with Gasteiger partial charge in [0.1, 0.15) is 0 Å². The van der Waals surface area contributed by atoms with Gasteiger partial charge in [-0.3, -0.25) is 0 Å². The molecule has 1 aromatic heterocycles. The molecule has 112 valence electrons. The summed E-state index contributed by atoms with van der Waals surface area (Å²) in [4.78, 5) is 0. The molecule has 3 aromatic carbocycles. The predicted octanol–water partition coefficient (Wildman–Crippen LogP) is 6.08. The summed E-state index contributed by atoms with van der Waals surface area (Å²) in [7, 11) is 0. The van der Waals surface area contributed by atoms with E-state index in [0.29, 0.717) is 11.8 Å². The molecule has 0 spiro atoms. The van der Waals surface area contributed by atoms with E-state index in [1.165, 1.54) is 0 Å². The molecular formula is C18H10Br2N2O. The predicted molar refractivity (Wildman–Crippen MR) is 98.1 cm³/mol. The zero-order chi connectivity index (χ0) is 15.8. The Morgan fingerprint density at radius 2 is 1.48 bits per heavy atom. The third-order valence-corrected chi connectivity index (χ3v) is 4.79. The standard InChI is InChI=1S/C18H10Br2N2O/c19-12-8-9-16(20)15(10-12)18-22-21-17(23-18)14-7-3-5-11-4-1-2-6-13(11)14/h1-10H. The Bertz CT molecular complexity index is 1010. The quantitative estimate of drug-likeness (QED) is 0.387. The lowest BCUT2D eigenvalue weighted by atomic mass is 10.0. The minimum atomic E-state index is 0.487. The highest BCUT2D eigenvalue weighted by atomic mass is 79.9. The summed E-state index contributed by atoms with van der Waals surface area (Å²) >= 11 is 6.99. The van der Waals surface area contributed by atoms with Crippen LogP contribution < -0.4 is 0 Å². The van der Waals surface area contributed by atoms with E-state index in [9.17, 15) is 0 Å². The second-order valence-electron chi connectivity index (χ2n) is 5.06. The van der Waals surface area contributed by atoms with Crippen molar-refractivity contribution in [2.45, 2.75) is 0 Å². The van der Waals surface area contributed by atoms with Crippen LogP contribution in [-0.2, 0) is 0 Å². The van der Waals surface area contributed by atoms with Crippen LogP contribution in [0.4, 0.5) is 0 Å². The van der Waals surface area contributed by atoms with Gasteiger partial charge in [-0.2, -0.15) is 0 Å². The van der Waals surface area contributed by atoms with Gasteiger partial charge in [0, 0.05) is 14.5 Å². The van der Waals surface area contributed by atoms with E-state index in [4.69, 9.17) is 4.42 Å². The number of halogens is 2. The highest BCUT2D eigenvalue weighted by Crippen LogP contribution is 2.33. The van der Waals surface area contributed by atoms with Crippen molar-refractivity contribution in [2.24, 2.45) is 0 Å². The summed E-state index contributed by atoms with van der Waals surface area (Å²) in [6.07, 6.45) is 0. The molecule has 5 heteroatoms. The summed E-state index contributed by atoms with van der Waals surface area (Å²) in [6, 6.07) is 20.1. The van der Waals surface area contributed by atoms with E-state index in [-0.39, 0.29) is 0 Å². The highest BCUT2D eigenvalue weighted by molar-refractivity contribution is 9.11. The van der Waals surface area contributed by atoms with Crippen molar-refractivity contribution < 1.29 is 4.42 Å². The Balaban J connectivity index is 1.86. The van der Waals surface area contributed by atoms with Crippen molar-refractivity contribution >= 4 is 42.6 Å². The molecular weight excluding hydrogens is 420 g/mol. The van der Waals surface area contributed by atoms with E-state index in [1.54, 1.807) is 0 Å². The van der Waals surface area contributed by atoms with E-state index in [1.807, 2.05) is 42.5 Å². The Kier molecular flexibility index (Phi) is 3.75. The molecule has 0 fully saturated rings. The van der Waals surface area contributed by atoms with Gasteiger partial charge in [-0.15, -0.1) is 10.2 Å². The zero-order valence-corrected chi connectivity index (χ0v) is 15.0. The fraction of sp³-hybridized carbons (Fsp3) is 0. The van der Waals surface area contributed by atoms with Crippen LogP contribution in [0.3, 0.4) is 0 Å². The van der Waals surface area contributed by atoms with Gasteiger partial charge in [0.25, 0.3) is 0 Å². The largest absolute Gasteiger partial charge is 0.416 e. The van der Waals surface area contributed by atoms with Gasteiger partial charge in [0.05, 0.1) is 5.56 Å². The maximum absolute atomic E-state index is 5.93.